The third-order valence-electron chi connectivity index (χ3n) is 4.87. The molecule has 158 valence electrons. The highest BCUT2D eigenvalue weighted by Crippen LogP contribution is 2.31. The van der Waals surface area contributed by atoms with Crippen molar-refractivity contribution in [1.29, 1.82) is 0 Å². The van der Waals surface area contributed by atoms with E-state index in [4.69, 9.17) is 11.6 Å². The lowest BCUT2D eigenvalue weighted by atomic mass is 9.92. The number of amides is 2. The minimum absolute atomic E-state index is 0.116. The summed E-state index contributed by atoms with van der Waals surface area (Å²) in [6, 6.07) is 14.8. The number of para-hydroxylation sites is 1. The van der Waals surface area contributed by atoms with Crippen LogP contribution >= 0.6 is 23.4 Å². The van der Waals surface area contributed by atoms with Crippen molar-refractivity contribution in [3.63, 3.8) is 0 Å². The lowest BCUT2D eigenvalue weighted by Crippen LogP contribution is -2.36. The molecule has 0 spiro atoms. The molecule has 0 saturated heterocycles. The summed E-state index contributed by atoms with van der Waals surface area (Å²) in [6.07, 6.45) is -0.149. The van der Waals surface area contributed by atoms with E-state index in [1.54, 1.807) is 24.3 Å². The van der Waals surface area contributed by atoms with Crippen molar-refractivity contribution in [1.82, 2.24) is 9.97 Å². The van der Waals surface area contributed by atoms with Crippen LogP contribution in [0.15, 0.2) is 58.5 Å². The lowest BCUT2D eigenvalue weighted by Gasteiger charge is -2.23. The highest BCUT2D eigenvalue weighted by molar-refractivity contribution is 7.98. The van der Waals surface area contributed by atoms with Gasteiger partial charge in [0.2, 0.25) is 11.8 Å². The first-order valence-corrected chi connectivity index (χ1v) is 10.9. The van der Waals surface area contributed by atoms with E-state index in [1.807, 2.05) is 31.2 Å². The van der Waals surface area contributed by atoms with Gasteiger partial charge in [-0.3, -0.25) is 14.4 Å². The van der Waals surface area contributed by atoms with Crippen LogP contribution in [0.1, 0.15) is 29.0 Å². The summed E-state index contributed by atoms with van der Waals surface area (Å²) in [5.74, 6) is -1.11. The molecular formula is C22H19ClN4O3S. The molecule has 2 amide bonds. The first kappa shape index (κ1) is 21.1. The van der Waals surface area contributed by atoms with Gasteiger partial charge in [0.15, 0.2) is 5.16 Å². The fraction of sp³-hybridized carbons (Fsp3) is 0.182. The molecule has 4 rings (SSSR count). The first-order chi connectivity index (χ1) is 14.9. The van der Waals surface area contributed by atoms with E-state index in [-0.39, 0.29) is 23.7 Å². The van der Waals surface area contributed by atoms with Gasteiger partial charge in [-0.05, 0) is 24.6 Å². The first-order valence-electron chi connectivity index (χ1n) is 9.58. The monoisotopic (exact) mass is 454 g/mol. The van der Waals surface area contributed by atoms with Gasteiger partial charge < -0.3 is 15.6 Å². The quantitative estimate of drug-likeness (QED) is 0.398. The second-order valence-electron chi connectivity index (χ2n) is 7.18. The molecule has 3 N–H and O–H groups in total. The van der Waals surface area contributed by atoms with Crippen molar-refractivity contribution in [2.75, 3.05) is 10.6 Å². The SMILES string of the molecule is Cc1ccc(CSc2nc3c(c(=O)[nH]2)[C@H](C(=O)Nc2ccccc2Cl)CC(=O)N3)cc1. The molecule has 3 aromatic rings. The van der Waals surface area contributed by atoms with Crippen LogP contribution in [-0.2, 0) is 15.3 Å². The maximum Gasteiger partial charge on any atom is 0.257 e. The lowest BCUT2D eigenvalue weighted by molar-refractivity contribution is -0.123. The number of anilines is 2. The van der Waals surface area contributed by atoms with E-state index in [0.717, 1.165) is 11.1 Å². The number of rotatable bonds is 5. The molecule has 1 aliphatic rings. The largest absolute Gasteiger partial charge is 0.324 e. The Labute approximate surface area is 187 Å². The van der Waals surface area contributed by atoms with Crippen LogP contribution in [0, 0.1) is 6.92 Å². The third-order valence-corrected chi connectivity index (χ3v) is 6.15. The molecule has 0 aliphatic carbocycles. The maximum absolute atomic E-state index is 12.9. The average Bonchev–Trinajstić information content (AvgIpc) is 2.74. The molecule has 1 aromatic heterocycles. The number of nitrogens with zero attached hydrogens (tertiary/aromatic N) is 1. The molecule has 2 aromatic carbocycles. The number of fused-ring (bicyclic) bond motifs is 1. The Morgan fingerprint density at radius 2 is 1.94 bits per heavy atom. The molecule has 0 bridgehead atoms. The molecule has 2 heterocycles. The molecule has 0 saturated carbocycles. The Hall–Kier alpha value is -3.10. The van der Waals surface area contributed by atoms with Crippen molar-refractivity contribution in [2.24, 2.45) is 0 Å². The van der Waals surface area contributed by atoms with Gasteiger partial charge in [-0.15, -0.1) is 0 Å². The maximum atomic E-state index is 12.9. The Kier molecular flexibility index (Phi) is 6.11. The molecule has 31 heavy (non-hydrogen) atoms. The standard InChI is InChI=1S/C22H19ClN4O3S/c1-12-6-8-13(9-7-12)11-31-22-26-19-18(21(30)27-22)14(10-17(28)25-19)20(29)24-16-5-3-2-4-15(16)23/h2-9,14H,10-11H2,1H3,(H,24,29)(H2,25,26,27,28,30)/t14-/m1/s1. The number of hydrogen-bond donors (Lipinski definition) is 3. The van der Waals surface area contributed by atoms with Crippen LogP contribution in [0.3, 0.4) is 0 Å². The average molecular weight is 455 g/mol. The molecule has 7 nitrogen and oxygen atoms in total. The van der Waals surface area contributed by atoms with E-state index >= 15 is 0 Å². The smallest absolute Gasteiger partial charge is 0.257 e. The van der Waals surface area contributed by atoms with Crippen LogP contribution in [0.4, 0.5) is 11.5 Å². The van der Waals surface area contributed by atoms with Crippen molar-refractivity contribution in [2.45, 2.75) is 30.2 Å². The summed E-state index contributed by atoms with van der Waals surface area (Å²) >= 11 is 7.45. The number of aromatic nitrogens is 2. The van der Waals surface area contributed by atoms with Crippen LogP contribution in [-0.4, -0.2) is 21.8 Å². The predicted octanol–water partition coefficient (Wildman–Crippen LogP) is 4.09. The highest BCUT2D eigenvalue weighted by atomic mass is 35.5. The molecule has 0 unspecified atom stereocenters. The van der Waals surface area contributed by atoms with Gasteiger partial charge in [0.1, 0.15) is 5.82 Å². The topological polar surface area (TPSA) is 104 Å². The number of benzene rings is 2. The molecule has 1 atom stereocenters. The van der Waals surface area contributed by atoms with Crippen LogP contribution < -0.4 is 16.2 Å². The van der Waals surface area contributed by atoms with Gasteiger partial charge in [0, 0.05) is 12.2 Å². The van der Waals surface area contributed by atoms with Gasteiger partial charge in [-0.25, -0.2) is 4.98 Å². The van der Waals surface area contributed by atoms with Gasteiger partial charge in [0.25, 0.3) is 5.56 Å². The van der Waals surface area contributed by atoms with Gasteiger partial charge in [-0.2, -0.15) is 0 Å². The second kappa shape index (κ2) is 8.95. The van der Waals surface area contributed by atoms with Crippen molar-refractivity contribution >= 4 is 46.7 Å². The fourth-order valence-electron chi connectivity index (χ4n) is 3.26. The van der Waals surface area contributed by atoms with E-state index in [2.05, 4.69) is 20.6 Å². The predicted molar refractivity (Wildman–Crippen MR) is 122 cm³/mol. The number of carbonyl (C=O) groups is 2. The van der Waals surface area contributed by atoms with E-state index in [1.165, 1.54) is 11.8 Å². The number of aromatic amines is 1. The zero-order valence-corrected chi connectivity index (χ0v) is 18.1. The third kappa shape index (κ3) is 4.81. The molecule has 9 heteroatoms. The highest BCUT2D eigenvalue weighted by Gasteiger charge is 2.35. The van der Waals surface area contributed by atoms with E-state index in [9.17, 15) is 14.4 Å². The zero-order chi connectivity index (χ0) is 22.0. The zero-order valence-electron chi connectivity index (χ0n) is 16.6. The number of thioether (sulfide) groups is 1. The Bertz CT molecular complexity index is 1210. The summed E-state index contributed by atoms with van der Waals surface area (Å²) < 4.78 is 0. The Balaban J connectivity index is 1.58. The Morgan fingerprint density at radius 1 is 1.19 bits per heavy atom. The van der Waals surface area contributed by atoms with Crippen LogP contribution in [0.5, 0.6) is 0 Å². The minimum Gasteiger partial charge on any atom is -0.324 e. The van der Waals surface area contributed by atoms with Crippen LogP contribution in [0.2, 0.25) is 5.02 Å². The van der Waals surface area contributed by atoms with E-state index < -0.39 is 17.4 Å². The van der Waals surface area contributed by atoms with Gasteiger partial charge in [-0.1, -0.05) is 65.3 Å². The Morgan fingerprint density at radius 3 is 2.68 bits per heavy atom. The number of hydrogen-bond acceptors (Lipinski definition) is 5. The van der Waals surface area contributed by atoms with Crippen molar-refractivity contribution in [3.05, 3.63) is 80.6 Å². The summed E-state index contributed by atoms with van der Waals surface area (Å²) in [6.45, 7) is 2.01. The molecule has 0 radical (unpaired) electrons. The number of aryl methyl sites for hydroxylation is 1. The molecular weight excluding hydrogens is 436 g/mol. The number of H-pyrrole nitrogens is 1. The number of halogens is 1. The van der Waals surface area contributed by atoms with Gasteiger partial charge in [0.05, 0.1) is 22.2 Å². The van der Waals surface area contributed by atoms with Gasteiger partial charge >= 0.3 is 0 Å². The molecule has 1 aliphatic heterocycles. The number of nitrogens with one attached hydrogen (secondary N) is 3. The summed E-state index contributed by atoms with van der Waals surface area (Å²) in [7, 11) is 0. The summed E-state index contributed by atoms with van der Waals surface area (Å²) in [4.78, 5) is 45.0. The second-order valence-corrected chi connectivity index (χ2v) is 8.55. The van der Waals surface area contributed by atoms with Crippen molar-refractivity contribution in [3.8, 4) is 0 Å². The van der Waals surface area contributed by atoms with Crippen LogP contribution in [0.25, 0.3) is 0 Å². The minimum atomic E-state index is -0.965. The number of carbonyl (C=O) groups excluding carboxylic acids is 2. The van der Waals surface area contributed by atoms with Crippen molar-refractivity contribution < 1.29 is 9.59 Å². The summed E-state index contributed by atoms with van der Waals surface area (Å²) in [5, 5.41) is 6.05. The fourth-order valence-corrected chi connectivity index (χ4v) is 4.26. The normalized spacial score (nSPS) is 15.2. The molecule has 0 fully saturated rings. The van der Waals surface area contributed by atoms with E-state index in [0.29, 0.717) is 21.6 Å². The summed E-state index contributed by atoms with van der Waals surface area (Å²) in [5.41, 5.74) is 2.35.